The summed E-state index contributed by atoms with van der Waals surface area (Å²) < 4.78 is 97.0. The fourth-order valence-electron chi connectivity index (χ4n) is 2.79. The second-order valence-corrected chi connectivity index (χ2v) is 8.29. The van der Waals surface area contributed by atoms with Crippen molar-refractivity contribution in [2.45, 2.75) is 30.5 Å². The average Bonchev–Trinajstić information content (AvgIpc) is 3.15. The maximum absolute atomic E-state index is 12.7. The lowest BCUT2D eigenvalue weighted by Crippen LogP contribution is -2.48. The third kappa shape index (κ3) is 5.56. The first-order chi connectivity index (χ1) is 14.0. The Labute approximate surface area is 168 Å². The Morgan fingerprint density at radius 1 is 1.10 bits per heavy atom. The lowest BCUT2D eigenvalue weighted by molar-refractivity contribution is -0.134. The minimum atomic E-state index is -4.33. The Balaban J connectivity index is 1.59. The van der Waals surface area contributed by atoms with Gasteiger partial charge in [-0.15, -0.1) is 0 Å². The van der Waals surface area contributed by atoms with Crippen molar-refractivity contribution in [2.75, 3.05) is 31.1 Å². The molecule has 0 amide bonds. The number of halogens is 5. The molecule has 0 saturated carbocycles. The molecule has 0 radical (unpaired) electrons. The van der Waals surface area contributed by atoms with Crippen LogP contribution in [-0.4, -0.2) is 61.8 Å². The number of ether oxygens (including phenoxy) is 1. The average molecular weight is 456 g/mol. The number of benzene rings is 1. The highest BCUT2D eigenvalue weighted by molar-refractivity contribution is 7.89. The minimum Gasteiger partial charge on any atom is -0.435 e. The van der Waals surface area contributed by atoms with Gasteiger partial charge in [-0.05, 0) is 24.3 Å². The van der Waals surface area contributed by atoms with Crippen LogP contribution in [0.3, 0.4) is 0 Å². The first-order valence-electron chi connectivity index (χ1n) is 8.74. The van der Waals surface area contributed by atoms with Crippen LogP contribution in [0.4, 0.5) is 28.0 Å². The van der Waals surface area contributed by atoms with Crippen molar-refractivity contribution in [1.29, 1.82) is 0 Å². The minimum absolute atomic E-state index is 0.0257. The molecule has 0 spiro atoms. The molecule has 3 rings (SSSR count). The molecule has 1 aliphatic rings. The van der Waals surface area contributed by atoms with Crippen LogP contribution in [0, 0.1) is 0 Å². The number of aromatic nitrogens is 2. The summed E-state index contributed by atoms with van der Waals surface area (Å²) in [4.78, 5) is 5.42. The van der Waals surface area contributed by atoms with Gasteiger partial charge in [0.15, 0.2) is 5.82 Å². The van der Waals surface area contributed by atoms with Crippen molar-refractivity contribution < 1.29 is 39.6 Å². The molecule has 0 bridgehead atoms. The van der Waals surface area contributed by atoms with E-state index in [9.17, 15) is 30.4 Å². The summed E-state index contributed by atoms with van der Waals surface area (Å²) in [6.07, 6.45) is -5.81. The standard InChI is InChI=1S/C16H17F5N4O4S/c17-14(18)28-11-1-3-12(4-2-11)30(26,27)25-9-7-24(8-10-25)15-22-13(23-29-15)5-6-16(19,20)21/h1-4,14H,5-10H2. The van der Waals surface area contributed by atoms with Crippen LogP contribution in [0.1, 0.15) is 12.2 Å². The van der Waals surface area contributed by atoms with Crippen molar-refractivity contribution in [3.8, 4) is 5.75 Å². The van der Waals surface area contributed by atoms with Gasteiger partial charge in [0, 0.05) is 32.6 Å². The van der Waals surface area contributed by atoms with Gasteiger partial charge in [-0.2, -0.15) is 31.2 Å². The van der Waals surface area contributed by atoms with Gasteiger partial charge in [0.25, 0.3) is 0 Å². The number of nitrogens with zero attached hydrogens (tertiary/aromatic N) is 4. The third-order valence-electron chi connectivity index (χ3n) is 4.29. The van der Waals surface area contributed by atoms with E-state index in [4.69, 9.17) is 4.52 Å². The Morgan fingerprint density at radius 3 is 2.30 bits per heavy atom. The molecule has 30 heavy (non-hydrogen) atoms. The molecule has 0 aliphatic carbocycles. The Morgan fingerprint density at radius 2 is 1.73 bits per heavy atom. The number of anilines is 1. The van der Waals surface area contributed by atoms with Gasteiger partial charge >= 0.3 is 18.8 Å². The lowest BCUT2D eigenvalue weighted by atomic mass is 10.3. The van der Waals surface area contributed by atoms with Gasteiger partial charge in [0.1, 0.15) is 5.75 Å². The molecule has 0 atom stereocenters. The van der Waals surface area contributed by atoms with Crippen molar-refractivity contribution >= 4 is 16.0 Å². The quantitative estimate of drug-likeness (QED) is 0.592. The second kappa shape index (κ2) is 8.71. The Bertz CT molecular complexity index is 941. The van der Waals surface area contributed by atoms with Crippen LogP contribution in [0.5, 0.6) is 5.75 Å². The van der Waals surface area contributed by atoms with Crippen LogP contribution in [0.2, 0.25) is 0 Å². The number of alkyl halides is 5. The van der Waals surface area contributed by atoms with Crippen LogP contribution in [-0.2, 0) is 16.4 Å². The first kappa shape index (κ1) is 22.2. The molecule has 1 aromatic heterocycles. The van der Waals surface area contributed by atoms with E-state index in [1.54, 1.807) is 4.90 Å². The number of hydrogen-bond donors (Lipinski definition) is 0. The van der Waals surface area contributed by atoms with Crippen LogP contribution < -0.4 is 9.64 Å². The predicted octanol–water partition coefficient (Wildman–Crippen LogP) is 2.68. The molecule has 0 N–H and O–H groups in total. The highest BCUT2D eigenvalue weighted by Gasteiger charge is 2.31. The summed E-state index contributed by atoms with van der Waals surface area (Å²) in [6, 6.07) is 4.64. The van der Waals surface area contributed by atoms with Crippen molar-refractivity contribution in [3.63, 3.8) is 0 Å². The van der Waals surface area contributed by atoms with Crippen LogP contribution in [0.25, 0.3) is 0 Å². The highest BCUT2D eigenvalue weighted by atomic mass is 32.2. The fourth-order valence-corrected chi connectivity index (χ4v) is 4.21. The van der Waals surface area contributed by atoms with Gasteiger partial charge in [-0.25, -0.2) is 8.42 Å². The Kier molecular flexibility index (Phi) is 6.45. The number of hydrogen-bond acceptors (Lipinski definition) is 7. The van der Waals surface area contributed by atoms with E-state index < -0.39 is 35.7 Å². The molecular formula is C16H17F5N4O4S. The number of aryl methyl sites for hydroxylation is 1. The maximum atomic E-state index is 12.7. The molecule has 166 valence electrons. The van der Waals surface area contributed by atoms with Gasteiger partial charge in [0.2, 0.25) is 10.0 Å². The van der Waals surface area contributed by atoms with E-state index in [1.165, 1.54) is 16.4 Å². The maximum Gasteiger partial charge on any atom is 0.389 e. The van der Waals surface area contributed by atoms with E-state index in [-0.39, 0.29) is 48.7 Å². The van der Waals surface area contributed by atoms with Crippen LogP contribution >= 0.6 is 0 Å². The van der Waals surface area contributed by atoms with E-state index in [0.29, 0.717) is 0 Å². The smallest absolute Gasteiger partial charge is 0.389 e. The lowest BCUT2D eigenvalue weighted by Gasteiger charge is -2.32. The van der Waals surface area contributed by atoms with Gasteiger partial charge in [-0.1, -0.05) is 5.16 Å². The molecule has 2 heterocycles. The summed E-state index contributed by atoms with van der Waals surface area (Å²) in [6.45, 7) is -2.51. The molecule has 1 fully saturated rings. The summed E-state index contributed by atoms with van der Waals surface area (Å²) in [5.41, 5.74) is 0. The third-order valence-corrected chi connectivity index (χ3v) is 6.20. The second-order valence-electron chi connectivity index (χ2n) is 6.35. The number of rotatable bonds is 7. The van der Waals surface area contributed by atoms with E-state index in [0.717, 1.165) is 12.1 Å². The largest absolute Gasteiger partial charge is 0.435 e. The van der Waals surface area contributed by atoms with Gasteiger partial charge < -0.3 is 14.2 Å². The van der Waals surface area contributed by atoms with Crippen molar-refractivity contribution in [2.24, 2.45) is 0 Å². The summed E-state index contributed by atoms with van der Waals surface area (Å²) >= 11 is 0. The topological polar surface area (TPSA) is 88.8 Å². The number of piperazine rings is 1. The normalized spacial score (nSPS) is 16.3. The summed E-state index contributed by atoms with van der Waals surface area (Å²) in [5.74, 6) is -0.241. The van der Waals surface area contributed by atoms with Crippen LogP contribution in [0.15, 0.2) is 33.7 Å². The molecule has 1 saturated heterocycles. The zero-order valence-electron chi connectivity index (χ0n) is 15.3. The van der Waals surface area contributed by atoms with Crippen molar-refractivity contribution in [1.82, 2.24) is 14.4 Å². The highest BCUT2D eigenvalue weighted by Crippen LogP contribution is 2.24. The molecule has 0 unspecified atom stereocenters. The van der Waals surface area contributed by atoms with E-state index >= 15 is 0 Å². The monoisotopic (exact) mass is 456 g/mol. The SMILES string of the molecule is O=S(=O)(c1ccc(OC(F)F)cc1)N1CCN(c2nc(CCC(F)(F)F)no2)CC1. The predicted molar refractivity (Wildman–Crippen MR) is 92.7 cm³/mol. The van der Waals surface area contributed by atoms with Gasteiger partial charge in [-0.3, -0.25) is 0 Å². The first-order valence-corrected chi connectivity index (χ1v) is 10.2. The summed E-state index contributed by atoms with van der Waals surface area (Å²) in [5, 5.41) is 3.51. The molecule has 8 nitrogen and oxygen atoms in total. The Hall–Kier alpha value is -2.48. The fraction of sp³-hybridized carbons (Fsp3) is 0.500. The summed E-state index contributed by atoms with van der Waals surface area (Å²) in [7, 11) is -3.86. The molecule has 1 aromatic carbocycles. The zero-order valence-corrected chi connectivity index (χ0v) is 16.2. The van der Waals surface area contributed by atoms with Crippen molar-refractivity contribution in [3.05, 3.63) is 30.1 Å². The number of sulfonamides is 1. The molecule has 1 aliphatic heterocycles. The van der Waals surface area contributed by atoms with Gasteiger partial charge in [0.05, 0.1) is 11.3 Å². The molecular weight excluding hydrogens is 439 g/mol. The zero-order chi connectivity index (χ0) is 21.9. The molecule has 2 aromatic rings. The molecule has 14 heteroatoms. The van der Waals surface area contributed by atoms with E-state index in [1.807, 2.05) is 0 Å². The van der Waals surface area contributed by atoms with E-state index in [2.05, 4.69) is 14.9 Å².